The molecule has 0 saturated carbocycles. The first kappa shape index (κ1) is 4.80. The fraction of sp³-hybridized carbons (Fsp3) is 0. The summed E-state index contributed by atoms with van der Waals surface area (Å²) in [5, 5.41) is 0. The fourth-order valence-electron chi connectivity index (χ4n) is 0.214. The summed E-state index contributed by atoms with van der Waals surface area (Å²) in [6.45, 7) is 0. The van der Waals surface area contributed by atoms with Crippen molar-refractivity contribution in [2.75, 3.05) is 0 Å². The molecule has 36 valence electrons. The van der Waals surface area contributed by atoms with Crippen LogP contribution in [0.5, 0.6) is 0 Å². The highest BCUT2D eigenvalue weighted by atomic mass is 32.1. The van der Waals surface area contributed by atoms with Crippen LogP contribution < -0.4 is 0 Å². The van der Waals surface area contributed by atoms with E-state index in [2.05, 4.69) is 22.2 Å². The molecule has 1 rings (SSSR count). The van der Waals surface area contributed by atoms with E-state index in [1.54, 1.807) is 5.51 Å². The molecular formula is C3H2N2S2. The summed E-state index contributed by atoms with van der Waals surface area (Å²) < 4.78 is 0.634. The molecule has 1 heterocycles. The van der Waals surface area contributed by atoms with Gasteiger partial charge in [-0.05, 0) is 12.2 Å². The molecule has 4 heteroatoms. The monoisotopic (exact) mass is 130 g/mol. The molecule has 0 fully saturated rings. The van der Waals surface area contributed by atoms with E-state index < -0.39 is 0 Å². The average molecular weight is 130 g/mol. The minimum Gasteiger partial charge on any atom is -0.234 e. The molecule has 0 aliphatic rings. The summed E-state index contributed by atoms with van der Waals surface area (Å²) in [6.07, 6.45) is 1.44. The van der Waals surface area contributed by atoms with Crippen LogP contribution in [0.25, 0.3) is 0 Å². The number of hydrogen-bond acceptors (Lipinski definition) is 4. The van der Waals surface area contributed by atoms with Crippen LogP contribution in [0.2, 0.25) is 0 Å². The molecule has 0 N–H and O–H groups in total. The van der Waals surface area contributed by atoms with Gasteiger partial charge in [0.1, 0.15) is 6.33 Å². The van der Waals surface area contributed by atoms with Gasteiger partial charge in [-0.2, -0.15) is 0 Å². The van der Waals surface area contributed by atoms with Crippen LogP contribution in [-0.4, -0.2) is 9.97 Å². The Morgan fingerprint density at radius 3 is 2.86 bits per heavy atom. The molecule has 7 heavy (non-hydrogen) atoms. The van der Waals surface area contributed by atoms with Gasteiger partial charge in [0.2, 0.25) is 0 Å². The molecule has 0 aliphatic heterocycles. The lowest BCUT2D eigenvalue weighted by Crippen LogP contribution is -1.67. The molecule has 0 aromatic carbocycles. The molecule has 1 aromatic rings. The first-order valence-corrected chi connectivity index (χ1v) is 2.93. The van der Waals surface area contributed by atoms with Crippen LogP contribution >= 0.6 is 23.6 Å². The van der Waals surface area contributed by atoms with Gasteiger partial charge >= 0.3 is 0 Å². The highest BCUT2D eigenvalue weighted by Gasteiger charge is 1.69. The molecule has 0 saturated heterocycles. The lowest BCUT2D eigenvalue weighted by atomic mass is 11.3. The van der Waals surface area contributed by atoms with Gasteiger partial charge in [0, 0.05) is 0 Å². The Hall–Kier alpha value is -0.350. The Morgan fingerprint density at radius 2 is 2.57 bits per heavy atom. The average Bonchev–Trinajstić information content (AvgIpc) is 1.69. The minimum atomic E-state index is 0.634. The van der Waals surface area contributed by atoms with Crippen LogP contribution in [0.15, 0.2) is 11.8 Å². The van der Waals surface area contributed by atoms with Crippen molar-refractivity contribution >= 4 is 23.6 Å². The Kier molecular flexibility index (Phi) is 1.43. The van der Waals surface area contributed by atoms with E-state index in [9.17, 15) is 0 Å². The van der Waals surface area contributed by atoms with Gasteiger partial charge in [0.05, 0.1) is 5.51 Å². The second-order valence-electron chi connectivity index (χ2n) is 0.883. The highest BCUT2D eigenvalue weighted by Crippen LogP contribution is 1.88. The maximum absolute atomic E-state index is 4.68. The van der Waals surface area contributed by atoms with Crippen molar-refractivity contribution in [1.82, 2.24) is 9.97 Å². The largest absolute Gasteiger partial charge is 0.234 e. The second kappa shape index (κ2) is 2.09. The van der Waals surface area contributed by atoms with E-state index in [0.29, 0.717) is 3.95 Å². The van der Waals surface area contributed by atoms with Crippen LogP contribution in [0.4, 0.5) is 0 Å². The van der Waals surface area contributed by atoms with E-state index >= 15 is 0 Å². The van der Waals surface area contributed by atoms with Crippen molar-refractivity contribution in [3.63, 3.8) is 0 Å². The number of hydrogen-bond donors (Lipinski definition) is 0. The fourth-order valence-corrected chi connectivity index (χ4v) is 0.703. The van der Waals surface area contributed by atoms with Gasteiger partial charge in [-0.25, -0.2) is 9.97 Å². The molecule has 0 radical (unpaired) electrons. The summed E-state index contributed by atoms with van der Waals surface area (Å²) in [6, 6.07) is 0. The Labute approximate surface area is 49.9 Å². The smallest absolute Gasteiger partial charge is 0.183 e. The normalized spacial score (nSPS) is 8.57. The quantitative estimate of drug-likeness (QED) is 0.494. The van der Waals surface area contributed by atoms with Crippen molar-refractivity contribution < 1.29 is 0 Å². The second-order valence-corrected chi connectivity index (χ2v) is 2.36. The van der Waals surface area contributed by atoms with Gasteiger partial charge in [0.25, 0.3) is 0 Å². The van der Waals surface area contributed by atoms with Crippen molar-refractivity contribution in [2.45, 2.75) is 0 Å². The lowest BCUT2D eigenvalue weighted by molar-refractivity contribution is 1.21. The molecule has 0 amide bonds. The van der Waals surface area contributed by atoms with Crippen molar-refractivity contribution in [3.8, 4) is 0 Å². The third-order valence-electron chi connectivity index (χ3n) is 0.444. The van der Waals surface area contributed by atoms with Crippen molar-refractivity contribution in [3.05, 3.63) is 15.8 Å². The SMILES string of the molecule is S=c1ncncs1. The Bertz CT molecular complexity index is 177. The van der Waals surface area contributed by atoms with Gasteiger partial charge in [-0.3, -0.25) is 0 Å². The van der Waals surface area contributed by atoms with E-state index in [1.807, 2.05) is 0 Å². The first-order valence-electron chi connectivity index (χ1n) is 1.64. The zero-order valence-electron chi connectivity index (χ0n) is 3.37. The molecule has 0 unspecified atom stereocenters. The topological polar surface area (TPSA) is 25.8 Å². The molecule has 0 atom stereocenters. The third kappa shape index (κ3) is 1.29. The molecule has 0 aliphatic carbocycles. The summed E-state index contributed by atoms with van der Waals surface area (Å²) in [5.74, 6) is 0. The number of rotatable bonds is 0. The first-order chi connectivity index (χ1) is 3.39. The summed E-state index contributed by atoms with van der Waals surface area (Å²) in [4.78, 5) is 7.39. The molecule has 1 aromatic heterocycles. The van der Waals surface area contributed by atoms with E-state index in [0.717, 1.165) is 0 Å². The van der Waals surface area contributed by atoms with Crippen LogP contribution in [0.3, 0.4) is 0 Å². The number of nitrogens with zero attached hydrogens (tertiary/aromatic N) is 2. The van der Waals surface area contributed by atoms with Gasteiger partial charge in [-0.1, -0.05) is 11.3 Å². The highest BCUT2D eigenvalue weighted by molar-refractivity contribution is 7.73. The molecule has 0 bridgehead atoms. The summed E-state index contributed by atoms with van der Waals surface area (Å²) in [7, 11) is 0. The predicted octanol–water partition coefficient (Wildman–Crippen LogP) is 1.27. The van der Waals surface area contributed by atoms with Gasteiger partial charge in [0.15, 0.2) is 3.95 Å². The summed E-state index contributed by atoms with van der Waals surface area (Å²) in [5.41, 5.74) is 1.66. The van der Waals surface area contributed by atoms with E-state index in [4.69, 9.17) is 0 Å². The zero-order valence-corrected chi connectivity index (χ0v) is 5.00. The zero-order chi connectivity index (χ0) is 5.11. The van der Waals surface area contributed by atoms with Gasteiger partial charge < -0.3 is 0 Å². The van der Waals surface area contributed by atoms with Crippen molar-refractivity contribution in [2.24, 2.45) is 0 Å². The lowest BCUT2D eigenvalue weighted by Gasteiger charge is -1.72. The van der Waals surface area contributed by atoms with Gasteiger partial charge in [-0.15, -0.1) is 0 Å². The maximum atomic E-state index is 4.68. The van der Waals surface area contributed by atoms with E-state index in [1.165, 1.54) is 17.7 Å². The van der Waals surface area contributed by atoms with Crippen LogP contribution in [0, 0.1) is 3.95 Å². The van der Waals surface area contributed by atoms with Crippen LogP contribution in [0.1, 0.15) is 0 Å². The van der Waals surface area contributed by atoms with Crippen LogP contribution in [-0.2, 0) is 0 Å². The predicted molar refractivity (Wildman–Crippen MR) is 30.7 cm³/mol. The number of aromatic nitrogens is 2. The van der Waals surface area contributed by atoms with E-state index in [-0.39, 0.29) is 0 Å². The maximum Gasteiger partial charge on any atom is 0.183 e. The molecular weight excluding hydrogens is 128 g/mol. The van der Waals surface area contributed by atoms with Crippen molar-refractivity contribution in [1.29, 1.82) is 0 Å². The Balaban J connectivity index is 3.28. The minimum absolute atomic E-state index is 0.634. The molecule has 0 spiro atoms. The Morgan fingerprint density at radius 1 is 1.71 bits per heavy atom. The molecule has 2 nitrogen and oxygen atoms in total. The summed E-state index contributed by atoms with van der Waals surface area (Å²) >= 11 is 6.04. The standard InChI is InChI=1S/C3H2N2S2/c6-3-5-1-4-2-7-3/h1-2H. The third-order valence-corrected chi connectivity index (χ3v) is 1.37.